The third-order valence-corrected chi connectivity index (χ3v) is 15.7. The van der Waals surface area contributed by atoms with Crippen LogP contribution >= 0.6 is 0 Å². The quantitative estimate of drug-likeness (QED) is 0.116. The van der Waals surface area contributed by atoms with Gasteiger partial charge in [0.15, 0.2) is 29.9 Å². The Labute approximate surface area is 374 Å². The number of rotatable bonds is 15. The zero-order valence-electron chi connectivity index (χ0n) is 39.4. The lowest BCUT2D eigenvalue weighted by Gasteiger charge is -2.40. The van der Waals surface area contributed by atoms with Gasteiger partial charge in [-0.3, -0.25) is 9.59 Å². The van der Waals surface area contributed by atoms with E-state index in [0.717, 1.165) is 19.3 Å². The van der Waals surface area contributed by atoms with Crippen molar-refractivity contribution in [3.8, 4) is 5.75 Å². The van der Waals surface area contributed by atoms with E-state index in [4.69, 9.17) is 37.9 Å². The first kappa shape index (κ1) is 48.2. The van der Waals surface area contributed by atoms with Crippen LogP contribution < -0.4 is 9.64 Å². The van der Waals surface area contributed by atoms with Gasteiger partial charge in [0.2, 0.25) is 0 Å². The molecular formula is C49H75FN2O11. The second kappa shape index (κ2) is 20.4. The van der Waals surface area contributed by atoms with Gasteiger partial charge < -0.3 is 52.8 Å². The van der Waals surface area contributed by atoms with E-state index in [1.165, 1.54) is 20.3 Å². The largest absolute Gasteiger partial charge is 0.492 e. The zero-order chi connectivity index (χ0) is 45.4. The number of aliphatic hydroxyl groups excluding tert-OH is 1. The number of halogens is 1. The molecule has 3 aliphatic carbocycles. The number of allylic oxidation sites excluding steroid dienone is 2. The summed E-state index contributed by atoms with van der Waals surface area (Å²) in [6.07, 6.45) is 3.40. The highest BCUT2D eigenvalue weighted by Gasteiger charge is 2.69. The first-order chi connectivity index (χ1) is 30.2. The maximum Gasteiger partial charge on any atom is 0.306 e. The van der Waals surface area contributed by atoms with Crippen LogP contribution in [0.2, 0.25) is 0 Å². The van der Waals surface area contributed by atoms with Crippen molar-refractivity contribution in [3.63, 3.8) is 0 Å². The molecule has 5 fully saturated rings. The lowest BCUT2D eigenvalue weighted by Crippen LogP contribution is -2.50. The van der Waals surface area contributed by atoms with Crippen LogP contribution in [-0.4, -0.2) is 138 Å². The number of ether oxygens (including phenoxy) is 8. The second-order valence-corrected chi connectivity index (χ2v) is 19.7. The average Bonchev–Trinajstić information content (AvgIpc) is 3.65. The van der Waals surface area contributed by atoms with Crippen molar-refractivity contribution in [3.05, 3.63) is 35.7 Å². The Hall–Kier alpha value is -2.69. The normalized spacial score (nSPS) is 37.7. The van der Waals surface area contributed by atoms with Crippen molar-refractivity contribution in [2.75, 3.05) is 47.4 Å². The van der Waals surface area contributed by atoms with Crippen LogP contribution in [0.1, 0.15) is 92.4 Å². The number of fused-ring (bicyclic) bond motifs is 8. The number of methoxy groups -OCH3 is 4. The highest BCUT2D eigenvalue weighted by Crippen LogP contribution is 2.65. The number of likely N-dealkylation sites (N-methyl/N-ethyl adjacent to an activating group) is 1. The maximum atomic E-state index is 15.4. The van der Waals surface area contributed by atoms with Gasteiger partial charge in [0.05, 0.1) is 55.7 Å². The minimum absolute atomic E-state index is 0.00825. The Morgan fingerprint density at radius 1 is 0.937 bits per heavy atom. The molecule has 2 unspecified atom stereocenters. The van der Waals surface area contributed by atoms with Crippen LogP contribution in [-0.2, 0) is 42.7 Å². The summed E-state index contributed by atoms with van der Waals surface area (Å²) < 4.78 is 64.6. The summed E-state index contributed by atoms with van der Waals surface area (Å²) in [5, 5.41) is 11.7. The van der Waals surface area contributed by atoms with Crippen molar-refractivity contribution < 1.29 is 57.0 Å². The molecule has 63 heavy (non-hydrogen) atoms. The highest BCUT2D eigenvalue weighted by atomic mass is 19.1. The maximum absolute atomic E-state index is 15.4. The summed E-state index contributed by atoms with van der Waals surface area (Å²) in [5.41, 5.74) is 1.31. The number of hydrogen-bond donors (Lipinski definition) is 1. The van der Waals surface area contributed by atoms with Gasteiger partial charge in [0.1, 0.15) is 18.3 Å². The molecule has 0 aromatic heterocycles. The van der Waals surface area contributed by atoms with Gasteiger partial charge >= 0.3 is 5.97 Å². The van der Waals surface area contributed by atoms with Gasteiger partial charge in [-0.05, 0) is 120 Å². The van der Waals surface area contributed by atoms with Gasteiger partial charge in [0.25, 0.3) is 0 Å². The van der Waals surface area contributed by atoms with Gasteiger partial charge in [0, 0.05) is 39.2 Å². The summed E-state index contributed by atoms with van der Waals surface area (Å²) in [4.78, 5) is 33.7. The summed E-state index contributed by atoms with van der Waals surface area (Å²) in [6, 6.07) is 5.14. The molecule has 0 amide bonds. The number of anilines is 1. The molecule has 7 rings (SSSR count). The third kappa shape index (κ3) is 9.62. The highest BCUT2D eigenvalue weighted by molar-refractivity contribution is 5.99. The van der Waals surface area contributed by atoms with E-state index in [0.29, 0.717) is 43.4 Å². The van der Waals surface area contributed by atoms with Crippen LogP contribution in [0.3, 0.4) is 0 Å². The molecular weight excluding hydrogens is 812 g/mol. The molecule has 2 saturated carbocycles. The number of carbonyl (C=O) groups is 2. The number of hydrogen-bond acceptors (Lipinski definition) is 13. The molecule has 3 saturated heterocycles. The van der Waals surface area contributed by atoms with Gasteiger partial charge in [-0.1, -0.05) is 39.8 Å². The Morgan fingerprint density at radius 3 is 2.29 bits per heavy atom. The fourth-order valence-electron chi connectivity index (χ4n) is 12.7. The minimum Gasteiger partial charge on any atom is -0.492 e. The number of esters is 1. The molecule has 354 valence electrons. The third-order valence-electron chi connectivity index (χ3n) is 15.7. The van der Waals surface area contributed by atoms with Crippen molar-refractivity contribution in [1.82, 2.24) is 4.90 Å². The molecule has 13 nitrogen and oxygen atoms in total. The first-order valence-electron chi connectivity index (χ1n) is 23.6. The molecule has 1 aromatic carbocycles. The number of nitrogens with zero attached hydrogens (tertiary/aromatic N) is 2. The second-order valence-electron chi connectivity index (χ2n) is 19.7. The Kier molecular flexibility index (Phi) is 15.7. The first-order valence-corrected chi connectivity index (χ1v) is 23.6. The smallest absolute Gasteiger partial charge is 0.306 e. The van der Waals surface area contributed by atoms with Gasteiger partial charge in [-0.2, -0.15) is 0 Å². The molecule has 3 aliphatic heterocycles. The van der Waals surface area contributed by atoms with Crippen LogP contribution in [0.15, 0.2) is 29.8 Å². The summed E-state index contributed by atoms with van der Waals surface area (Å²) in [5.74, 6) is -1.51. The van der Waals surface area contributed by atoms with E-state index in [9.17, 15) is 9.90 Å². The monoisotopic (exact) mass is 887 g/mol. The molecule has 1 N–H and O–H groups in total. The Morgan fingerprint density at radius 2 is 1.65 bits per heavy atom. The van der Waals surface area contributed by atoms with Crippen LogP contribution in [0.25, 0.3) is 0 Å². The molecule has 1 aromatic rings. The fourth-order valence-corrected chi connectivity index (χ4v) is 12.7. The molecule has 3 heterocycles. The SMILES string of the molecule is CC[C@H]1CCC[C@H](O[C@H]2CC[C@H](N(C)C)C(C)O2)[C@@H](C)C(=O)C2=C[C@H]3[C@@H]4C[C@H](O[C@H](O)[C@@H](OC)C(OC)[C@@H](OC)C(C)C)C[C@H]4[C@H]4[C@@H]([C@H]3[C@@H]2CC(=O)O1)N4c1cccc(F)c1OC. The summed E-state index contributed by atoms with van der Waals surface area (Å²) in [7, 11) is 10.4. The number of carbonyl (C=O) groups excluding carboxylic acids is 2. The number of para-hydroxylation sites is 1. The molecule has 0 spiro atoms. The summed E-state index contributed by atoms with van der Waals surface area (Å²) >= 11 is 0. The van der Waals surface area contributed by atoms with Gasteiger partial charge in [-0.25, -0.2) is 4.39 Å². The van der Waals surface area contributed by atoms with Crippen molar-refractivity contribution >= 4 is 17.4 Å². The number of benzene rings is 1. The minimum atomic E-state index is -1.31. The van der Waals surface area contributed by atoms with Crippen molar-refractivity contribution in [2.24, 2.45) is 41.4 Å². The zero-order valence-corrected chi connectivity index (χ0v) is 39.4. The van der Waals surface area contributed by atoms with Crippen LogP contribution in [0.5, 0.6) is 5.75 Å². The molecule has 14 heteroatoms. The lowest BCUT2D eigenvalue weighted by molar-refractivity contribution is -0.236. The van der Waals surface area contributed by atoms with E-state index >= 15 is 9.18 Å². The van der Waals surface area contributed by atoms with E-state index in [2.05, 4.69) is 36.9 Å². The van der Waals surface area contributed by atoms with E-state index in [1.807, 2.05) is 33.8 Å². The fraction of sp³-hybridized carbons (Fsp3) is 0.796. The van der Waals surface area contributed by atoms with Crippen LogP contribution in [0.4, 0.5) is 10.1 Å². The molecule has 0 bridgehead atoms. The predicted molar refractivity (Wildman–Crippen MR) is 235 cm³/mol. The van der Waals surface area contributed by atoms with Crippen molar-refractivity contribution in [1.29, 1.82) is 0 Å². The number of aliphatic hydroxyl groups is 1. The van der Waals surface area contributed by atoms with E-state index in [1.54, 1.807) is 20.3 Å². The van der Waals surface area contributed by atoms with Crippen LogP contribution in [0, 0.1) is 47.2 Å². The molecule has 6 aliphatic rings. The Bertz CT molecular complexity index is 1760. The van der Waals surface area contributed by atoms with Gasteiger partial charge in [-0.15, -0.1) is 0 Å². The standard InChI is InChI=1S/C49H75FN2O11/c1-12-28-15-13-18-38(63-40-20-19-36(51(6)7)27(5)60-40)26(4)44(54)34-23-31-30-21-29(62-49(55)48(59-11)47(58-10)45(56-8)25(2)3)22-33(30)42-43(41(31)32(34)24-39(53)61-28)52(42)37-17-14-16-35(50)46(37)57-9/h14,16-17,23,25-33,36,38,40-43,45,47-49,55H,12-13,15,18-22,24H2,1-11H3/t26-,27?,28+,29+,30+,31+,32-,33-,36+,38+,40+,41-,42+,43-,45+,47?,48+,49+,52?/m1/s1. The van der Waals surface area contributed by atoms with E-state index in [-0.39, 0.29) is 102 Å². The number of cyclic esters (lactones) is 1. The summed E-state index contributed by atoms with van der Waals surface area (Å²) in [6.45, 7) is 10.2. The average molecular weight is 887 g/mol. The topological polar surface area (TPSA) is 134 Å². The predicted octanol–water partition coefficient (Wildman–Crippen LogP) is 6.57. The molecule has 18 atom stereocenters. The lowest BCUT2D eigenvalue weighted by atomic mass is 9.66. The van der Waals surface area contributed by atoms with Crippen molar-refractivity contribution in [2.45, 2.75) is 166 Å². The molecule has 0 radical (unpaired) electrons. The number of Topliss-reactive ketones (excluding diaryl/α,β-unsaturated/α-hetero) is 1. The van der Waals surface area contributed by atoms with E-state index < -0.39 is 42.4 Å². The Balaban J connectivity index is 1.22. The number of ketones is 1.